The Kier molecular flexibility index (Phi) is 4.53. The first-order chi connectivity index (χ1) is 7.37. The largest absolute Gasteiger partial charge is 0.444 e. The van der Waals surface area contributed by atoms with Crippen LogP contribution in [-0.4, -0.2) is 37.0 Å². The summed E-state index contributed by atoms with van der Waals surface area (Å²) in [5.74, 6) is 0. The van der Waals surface area contributed by atoms with Crippen molar-refractivity contribution in [3.63, 3.8) is 0 Å². The van der Waals surface area contributed by atoms with Crippen LogP contribution in [0.15, 0.2) is 0 Å². The molecule has 0 aliphatic carbocycles. The molecule has 0 aromatic rings. The van der Waals surface area contributed by atoms with Gasteiger partial charge in [0.15, 0.2) is 0 Å². The maximum absolute atomic E-state index is 12.8. The van der Waals surface area contributed by atoms with Gasteiger partial charge in [0.2, 0.25) is 0 Å². The summed E-state index contributed by atoms with van der Waals surface area (Å²) in [7, 11) is 0. The van der Waals surface area contributed by atoms with Crippen LogP contribution in [0.5, 0.6) is 0 Å². The Morgan fingerprint density at radius 1 is 1.56 bits per heavy atom. The van der Waals surface area contributed by atoms with Crippen molar-refractivity contribution in [2.24, 2.45) is 0 Å². The van der Waals surface area contributed by atoms with Crippen LogP contribution in [0.3, 0.4) is 0 Å². The standard InChI is InChI=1S/C11H21FN2O2/c1-11(2,3)16-10(15)13-5-4-9-6-8(12)7-14-9/h8-9,14H,4-7H2,1-3H3,(H,13,15)/t8-,9+/m0/s1. The second kappa shape index (κ2) is 5.48. The lowest BCUT2D eigenvalue weighted by atomic mass is 10.1. The smallest absolute Gasteiger partial charge is 0.407 e. The number of carbonyl (C=O) groups is 1. The highest BCUT2D eigenvalue weighted by molar-refractivity contribution is 5.67. The molecule has 1 rings (SSSR count). The van der Waals surface area contributed by atoms with Crippen LogP contribution in [0.2, 0.25) is 0 Å². The predicted molar refractivity (Wildman–Crippen MR) is 60.2 cm³/mol. The molecule has 1 aliphatic rings. The van der Waals surface area contributed by atoms with Crippen LogP contribution in [0, 0.1) is 0 Å². The molecule has 0 aromatic carbocycles. The van der Waals surface area contributed by atoms with Crippen LogP contribution in [0.1, 0.15) is 33.6 Å². The molecule has 0 aromatic heterocycles. The van der Waals surface area contributed by atoms with E-state index in [1.165, 1.54) is 0 Å². The van der Waals surface area contributed by atoms with E-state index in [1.54, 1.807) is 0 Å². The van der Waals surface area contributed by atoms with Crippen LogP contribution >= 0.6 is 0 Å². The summed E-state index contributed by atoms with van der Waals surface area (Å²) in [5, 5.41) is 5.72. The molecule has 0 radical (unpaired) electrons. The second-order valence-corrected chi connectivity index (χ2v) is 5.16. The Hall–Kier alpha value is -0.840. The van der Waals surface area contributed by atoms with Gasteiger partial charge in [-0.05, 0) is 33.6 Å². The molecule has 1 heterocycles. The molecule has 0 saturated carbocycles. The van der Waals surface area contributed by atoms with E-state index in [1.807, 2.05) is 20.8 Å². The third-order valence-electron chi connectivity index (χ3n) is 2.33. The average Bonchev–Trinajstić information content (AvgIpc) is 2.48. The van der Waals surface area contributed by atoms with Crippen molar-refractivity contribution in [2.75, 3.05) is 13.1 Å². The van der Waals surface area contributed by atoms with Gasteiger partial charge in [-0.25, -0.2) is 9.18 Å². The van der Waals surface area contributed by atoms with Crippen LogP contribution in [0.25, 0.3) is 0 Å². The summed E-state index contributed by atoms with van der Waals surface area (Å²) in [4.78, 5) is 11.3. The molecule has 1 amide bonds. The molecule has 2 atom stereocenters. The number of halogens is 1. The monoisotopic (exact) mass is 232 g/mol. The molecule has 1 aliphatic heterocycles. The highest BCUT2D eigenvalue weighted by atomic mass is 19.1. The summed E-state index contributed by atoms with van der Waals surface area (Å²) in [5.41, 5.74) is -0.472. The molecule has 16 heavy (non-hydrogen) atoms. The Balaban J connectivity index is 2.09. The number of rotatable bonds is 3. The van der Waals surface area contributed by atoms with Crippen LogP contribution in [-0.2, 0) is 4.74 Å². The van der Waals surface area contributed by atoms with Gasteiger partial charge in [-0.1, -0.05) is 0 Å². The first-order valence-electron chi connectivity index (χ1n) is 5.71. The number of nitrogens with one attached hydrogen (secondary N) is 2. The molecule has 5 heteroatoms. The minimum atomic E-state index is -0.744. The molecule has 1 fully saturated rings. The number of alkyl carbamates (subject to hydrolysis) is 1. The Morgan fingerprint density at radius 3 is 2.75 bits per heavy atom. The fourth-order valence-corrected chi connectivity index (χ4v) is 1.65. The molecule has 0 spiro atoms. The van der Waals surface area contributed by atoms with Crippen molar-refractivity contribution in [3.8, 4) is 0 Å². The van der Waals surface area contributed by atoms with Gasteiger partial charge in [0.25, 0.3) is 0 Å². The van der Waals surface area contributed by atoms with Crippen molar-refractivity contribution in [2.45, 2.75) is 51.4 Å². The van der Waals surface area contributed by atoms with E-state index in [0.717, 1.165) is 6.42 Å². The van der Waals surface area contributed by atoms with Crippen molar-refractivity contribution >= 4 is 6.09 Å². The minimum absolute atomic E-state index is 0.171. The lowest BCUT2D eigenvalue weighted by Gasteiger charge is -2.20. The van der Waals surface area contributed by atoms with Crippen LogP contribution in [0.4, 0.5) is 9.18 Å². The fraction of sp³-hybridized carbons (Fsp3) is 0.909. The SMILES string of the molecule is CC(C)(C)OC(=O)NCC[C@@H]1C[C@H](F)CN1. The molecule has 0 unspecified atom stereocenters. The lowest BCUT2D eigenvalue weighted by molar-refractivity contribution is 0.0526. The number of ether oxygens (including phenoxy) is 1. The van der Waals surface area contributed by atoms with Gasteiger partial charge < -0.3 is 15.4 Å². The van der Waals surface area contributed by atoms with Crippen LogP contribution < -0.4 is 10.6 Å². The molecule has 1 saturated heterocycles. The topological polar surface area (TPSA) is 50.4 Å². The van der Waals surface area contributed by atoms with Crippen molar-refractivity contribution in [1.29, 1.82) is 0 Å². The molecule has 94 valence electrons. The summed E-state index contributed by atoms with van der Waals surface area (Å²) in [6.45, 7) is 6.40. The molecular formula is C11H21FN2O2. The van der Waals surface area contributed by atoms with Gasteiger partial charge in [-0.15, -0.1) is 0 Å². The molecule has 2 N–H and O–H groups in total. The third kappa shape index (κ3) is 5.30. The van der Waals surface area contributed by atoms with Crippen molar-refractivity contribution in [1.82, 2.24) is 10.6 Å². The number of carbonyl (C=O) groups excluding carboxylic acids is 1. The summed E-state index contributed by atoms with van der Waals surface area (Å²) < 4.78 is 17.9. The van der Waals surface area contributed by atoms with E-state index in [4.69, 9.17) is 4.74 Å². The van der Waals surface area contributed by atoms with Gasteiger partial charge in [-0.3, -0.25) is 0 Å². The van der Waals surface area contributed by atoms with Crippen molar-refractivity contribution in [3.05, 3.63) is 0 Å². The van der Waals surface area contributed by atoms with E-state index < -0.39 is 17.9 Å². The number of amides is 1. The summed E-state index contributed by atoms with van der Waals surface area (Å²) in [6.07, 6.45) is 0.115. The van der Waals surface area contributed by atoms with E-state index in [-0.39, 0.29) is 6.04 Å². The number of hydrogen-bond donors (Lipinski definition) is 2. The van der Waals surface area contributed by atoms with E-state index >= 15 is 0 Å². The summed E-state index contributed by atoms with van der Waals surface area (Å²) in [6, 6.07) is 0.171. The zero-order valence-corrected chi connectivity index (χ0v) is 10.2. The normalized spacial score (nSPS) is 25.5. The second-order valence-electron chi connectivity index (χ2n) is 5.16. The zero-order valence-electron chi connectivity index (χ0n) is 10.2. The van der Waals surface area contributed by atoms with E-state index in [2.05, 4.69) is 10.6 Å². The van der Waals surface area contributed by atoms with E-state index in [0.29, 0.717) is 19.5 Å². The first-order valence-corrected chi connectivity index (χ1v) is 5.71. The maximum atomic E-state index is 12.8. The number of hydrogen-bond acceptors (Lipinski definition) is 3. The van der Waals surface area contributed by atoms with Crippen molar-refractivity contribution < 1.29 is 13.9 Å². The molecular weight excluding hydrogens is 211 g/mol. The molecule has 0 bridgehead atoms. The van der Waals surface area contributed by atoms with Gasteiger partial charge in [-0.2, -0.15) is 0 Å². The van der Waals surface area contributed by atoms with E-state index in [9.17, 15) is 9.18 Å². The van der Waals surface area contributed by atoms with Gasteiger partial charge in [0.1, 0.15) is 11.8 Å². The highest BCUT2D eigenvalue weighted by Gasteiger charge is 2.23. The molecule has 4 nitrogen and oxygen atoms in total. The van der Waals surface area contributed by atoms with Gasteiger partial charge >= 0.3 is 6.09 Å². The first kappa shape index (κ1) is 13.2. The fourth-order valence-electron chi connectivity index (χ4n) is 1.65. The zero-order chi connectivity index (χ0) is 12.2. The Bertz CT molecular complexity index is 241. The maximum Gasteiger partial charge on any atom is 0.407 e. The predicted octanol–water partition coefficient (Wildman–Crippen LogP) is 1.60. The third-order valence-corrected chi connectivity index (χ3v) is 2.33. The quantitative estimate of drug-likeness (QED) is 0.777. The minimum Gasteiger partial charge on any atom is -0.444 e. The summed E-state index contributed by atoms with van der Waals surface area (Å²) >= 11 is 0. The average molecular weight is 232 g/mol. The lowest BCUT2D eigenvalue weighted by Crippen LogP contribution is -2.35. The Labute approximate surface area is 95.9 Å². The van der Waals surface area contributed by atoms with Gasteiger partial charge in [0, 0.05) is 19.1 Å². The highest BCUT2D eigenvalue weighted by Crippen LogP contribution is 2.12. The number of alkyl halides is 1. The van der Waals surface area contributed by atoms with Gasteiger partial charge in [0.05, 0.1) is 0 Å². The Morgan fingerprint density at radius 2 is 2.25 bits per heavy atom.